The number of hydrogen-bond acceptors (Lipinski definition) is 5. The summed E-state index contributed by atoms with van der Waals surface area (Å²) in [6.07, 6.45) is 10.2. The Kier molecular flexibility index (Phi) is 7.84. The van der Waals surface area contributed by atoms with Crippen LogP contribution >= 0.6 is 11.8 Å². The summed E-state index contributed by atoms with van der Waals surface area (Å²) in [6, 6.07) is 7.73. The molecule has 7 nitrogen and oxygen atoms in total. The molecule has 32 heavy (non-hydrogen) atoms. The molecule has 2 aromatic rings. The van der Waals surface area contributed by atoms with E-state index in [0.29, 0.717) is 16.1 Å². The highest BCUT2D eigenvalue weighted by Gasteiger charge is 2.20. The summed E-state index contributed by atoms with van der Waals surface area (Å²) in [5, 5.41) is 7.20. The number of rotatable bonds is 8. The maximum absolute atomic E-state index is 13.2. The summed E-state index contributed by atoms with van der Waals surface area (Å²) in [5.41, 5.74) is 0.443. The molecule has 0 unspecified atom stereocenters. The second-order valence-corrected chi connectivity index (χ2v) is 9.80. The standard InChI is InChI=1S/C24H32N4O3S/c29-21(25-17-8-2-1-3-9-17)14-15-28-23(31)19-12-6-7-13-20(19)27-24(28)32-16-22(30)26-18-10-4-5-11-18/h6-7,12-13,17-18H,1-5,8-11,14-16H2,(H,25,29)(H,26,30). The average Bonchev–Trinajstić information content (AvgIpc) is 3.31. The molecular formula is C24H32N4O3S. The molecule has 1 heterocycles. The van der Waals surface area contributed by atoms with Gasteiger partial charge in [-0.1, -0.05) is 56.0 Å². The van der Waals surface area contributed by atoms with Crippen molar-refractivity contribution < 1.29 is 9.59 Å². The minimum absolute atomic E-state index is 0.0353. The number of carbonyl (C=O) groups excluding carboxylic acids is 2. The average molecular weight is 457 g/mol. The molecule has 2 saturated carbocycles. The van der Waals surface area contributed by atoms with Gasteiger partial charge in [-0.15, -0.1) is 0 Å². The molecule has 2 amide bonds. The van der Waals surface area contributed by atoms with Crippen molar-refractivity contribution in [2.75, 3.05) is 5.75 Å². The highest BCUT2D eigenvalue weighted by Crippen LogP contribution is 2.21. The van der Waals surface area contributed by atoms with Gasteiger partial charge < -0.3 is 10.6 Å². The molecule has 0 aliphatic heterocycles. The van der Waals surface area contributed by atoms with Crippen LogP contribution in [-0.2, 0) is 16.1 Å². The van der Waals surface area contributed by atoms with Crippen molar-refractivity contribution in [1.82, 2.24) is 20.2 Å². The number of nitrogens with zero attached hydrogens (tertiary/aromatic N) is 2. The van der Waals surface area contributed by atoms with E-state index >= 15 is 0 Å². The molecule has 1 aromatic carbocycles. The van der Waals surface area contributed by atoms with Crippen LogP contribution in [0, 0.1) is 0 Å². The summed E-state index contributed by atoms with van der Waals surface area (Å²) < 4.78 is 1.55. The Bertz CT molecular complexity index is 1010. The van der Waals surface area contributed by atoms with Crippen molar-refractivity contribution in [2.45, 2.75) is 88.0 Å². The van der Waals surface area contributed by atoms with Crippen molar-refractivity contribution in [1.29, 1.82) is 0 Å². The van der Waals surface area contributed by atoms with E-state index < -0.39 is 0 Å². The second kappa shape index (κ2) is 11.0. The Morgan fingerprint density at radius 1 is 0.938 bits per heavy atom. The molecule has 2 fully saturated rings. The fourth-order valence-corrected chi connectivity index (χ4v) is 5.52. The molecule has 2 aliphatic carbocycles. The molecule has 1 aromatic heterocycles. The minimum atomic E-state index is -0.167. The Morgan fingerprint density at radius 3 is 2.28 bits per heavy atom. The number of benzene rings is 1. The second-order valence-electron chi connectivity index (χ2n) is 8.86. The van der Waals surface area contributed by atoms with Gasteiger partial charge >= 0.3 is 0 Å². The van der Waals surface area contributed by atoms with Crippen LogP contribution in [0.25, 0.3) is 10.9 Å². The summed E-state index contributed by atoms with van der Waals surface area (Å²) in [5.74, 6) is 0.132. The monoisotopic (exact) mass is 456 g/mol. The number of nitrogens with one attached hydrogen (secondary N) is 2. The third-order valence-corrected chi connectivity index (χ3v) is 7.39. The van der Waals surface area contributed by atoms with E-state index in [1.165, 1.54) is 18.2 Å². The van der Waals surface area contributed by atoms with Gasteiger partial charge in [-0.05, 0) is 37.8 Å². The Morgan fingerprint density at radius 2 is 1.56 bits per heavy atom. The van der Waals surface area contributed by atoms with Crippen molar-refractivity contribution in [2.24, 2.45) is 0 Å². The summed E-state index contributed by atoms with van der Waals surface area (Å²) in [7, 11) is 0. The van der Waals surface area contributed by atoms with Gasteiger partial charge in [0, 0.05) is 25.0 Å². The van der Waals surface area contributed by atoms with E-state index in [1.54, 1.807) is 16.7 Å². The predicted molar refractivity (Wildman–Crippen MR) is 127 cm³/mol. The van der Waals surface area contributed by atoms with Crippen LogP contribution < -0.4 is 16.2 Å². The SMILES string of the molecule is O=C(CCn1c(SCC(=O)NC2CCCC2)nc2ccccc2c1=O)NC1CCCCC1. The molecule has 4 rings (SSSR count). The number of amides is 2. The number of hydrogen-bond donors (Lipinski definition) is 2. The van der Waals surface area contributed by atoms with Gasteiger partial charge in [-0.2, -0.15) is 0 Å². The first-order valence-electron chi connectivity index (χ1n) is 11.8. The molecule has 0 radical (unpaired) electrons. The van der Waals surface area contributed by atoms with E-state index in [-0.39, 0.29) is 48.2 Å². The summed E-state index contributed by atoms with van der Waals surface area (Å²) >= 11 is 1.26. The number of para-hydroxylation sites is 1. The quantitative estimate of drug-likeness (QED) is 0.469. The summed E-state index contributed by atoms with van der Waals surface area (Å²) in [6.45, 7) is 0.252. The van der Waals surface area contributed by atoms with E-state index in [1.807, 2.05) is 12.1 Å². The molecule has 2 N–H and O–H groups in total. The molecular weight excluding hydrogens is 424 g/mol. The Hall–Kier alpha value is -2.35. The van der Waals surface area contributed by atoms with Crippen LogP contribution in [0.5, 0.6) is 0 Å². The van der Waals surface area contributed by atoms with Crippen molar-refractivity contribution >= 4 is 34.5 Å². The molecule has 0 atom stereocenters. The first-order chi connectivity index (χ1) is 15.6. The van der Waals surface area contributed by atoms with Crippen molar-refractivity contribution in [3.8, 4) is 0 Å². The largest absolute Gasteiger partial charge is 0.353 e. The third kappa shape index (κ3) is 5.91. The van der Waals surface area contributed by atoms with Gasteiger partial charge in [0.2, 0.25) is 11.8 Å². The van der Waals surface area contributed by atoms with Crippen LogP contribution in [-0.4, -0.2) is 39.2 Å². The van der Waals surface area contributed by atoms with Crippen molar-refractivity contribution in [3.05, 3.63) is 34.6 Å². The van der Waals surface area contributed by atoms with Crippen molar-refractivity contribution in [3.63, 3.8) is 0 Å². The topological polar surface area (TPSA) is 93.1 Å². The molecule has 2 aliphatic rings. The molecule has 0 bridgehead atoms. The lowest BCUT2D eigenvalue weighted by Crippen LogP contribution is -2.37. The van der Waals surface area contributed by atoms with E-state index in [9.17, 15) is 14.4 Å². The zero-order chi connectivity index (χ0) is 22.3. The number of fused-ring (bicyclic) bond motifs is 1. The number of thioether (sulfide) groups is 1. The molecule has 0 spiro atoms. The van der Waals surface area contributed by atoms with Crippen LogP contribution in [0.4, 0.5) is 0 Å². The van der Waals surface area contributed by atoms with Crippen LogP contribution in [0.1, 0.15) is 64.2 Å². The van der Waals surface area contributed by atoms with Gasteiger partial charge in [0.15, 0.2) is 5.16 Å². The maximum Gasteiger partial charge on any atom is 0.262 e. The van der Waals surface area contributed by atoms with Gasteiger partial charge in [0.1, 0.15) is 0 Å². The fourth-order valence-electron chi connectivity index (χ4n) is 4.68. The van der Waals surface area contributed by atoms with E-state index in [0.717, 1.165) is 51.4 Å². The normalized spacial score (nSPS) is 17.5. The van der Waals surface area contributed by atoms with Gasteiger partial charge in [-0.25, -0.2) is 4.98 Å². The smallest absolute Gasteiger partial charge is 0.262 e. The molecule has 8 heteroatoms. The molecule has 172 valence electrons. The fraction of sp³-hybridized carbons (Fsp3) is 0.583. The zero-order valence-corrected chi connectivity index (χ0v) is 19.3. The highest BCUT2D eigenvalue weighted by atomic mass is 32.2. The first kappa shape index (κ1) is 22.8. The minimum Gasteiger partial charge on any atom is -0.353 e. The van der Waals surface area contributed by atoms with Crippen LogP contribution in [0.2, 0.25) is 0 Å². The Balaban J connectivity index is 1.45. The lowest BCUT2D eigenvalue weighted by molar-refractivity contribution is -0.122. The molecule has 0 saturated heterocycles. The first-order valence-corrected chi connectivity index (χ1v) is 12.8. The lowest BCUT2D eigenvalue weighted by atomic mass is 9.95. The predicted octanol–water partition coefficient (Wildman–Crippen LogP) is 3.39. The highest BCUT2D eigenvalue weighted by molar-refractivity contribution is 7.99. The van der Waals surface area contributed by atoms with Gasteiger partial charge in [0.25, 0.3) is 5.56 Å². The van der Waals surface area contributed by atoms with Crippen LogP contribution in [0.3, 0.4) is 0 Å². The summed E-state index contributed by atoms with van der Waals surface area (Å²) in [4.78, 5) is 42.7. The third-order valence-electron chi connectivity index (χ3n) is 6.41. The number of aromatic nitrogens is 2. The van der Waals surface area contributed by atoms with E-state index in [2.05, 4.69) is 15.6 Å². The zero-order valence-electron chi connectivity index (χ0n) is 18.5. The number of carbonyl (C=O) groups is 2. The van der Waals surface area contributed by atoms with Crippen LogP contribution in [0.15, 0.2) is 34.2 Å². The van der Waals surface area contributed by atoms with E-state index in [4.69, 9.17) is 0 Å². The maximum atomic E-state index is 13.2. The van der Waals surface area contributed by atoms with Gasteiger partial charge in [0.05, 0.1) is 16.7 Å². The van der Waals surface area contributed by atoms with Gasteiger partial charge in [-0.3, -0.25) is 19.0 Å². The lowest BCUT2D eigenvalue weighted by Gasteiger charge is -2.23. The Labute approximate surface area is 192 Å².